The van der Waals surface area contributed by atoms with E-state index >= 15 is 0 Å². The van der Waals surface area contributed by atoms with Crippen molar-refractivity contribution in [1.82, 2.24) is 10.2 Å². The molecular weight excluding hydrogens is 242 g/mol. The zero-order chi connectivity index (χ0) is 14.7. The SMILES string of the molecule is CN(CC(=O)NC(C)(C)C)C(=O)C1(CN)CCCC1. The van der Waals surface area contributed by atoms with Gasteiger partial charge in [0.1, 0.15) is 0 Å². The van der Waals surface area contributed by atoms with Gasteiger partial charge in [-0.05, 0) is 33.6 Å². The number of rotatable bonds is 4. The maximum atomic E-state index is 12.5. The van der Waals surface area contributed by atoms with Gasteiger partial charge in [0.15, 0.2) is 0 Å². The van der Waals surface area contributed by atoms with Gasteiger partial charge in [0, 0.05) is 19.1 Å². The average molecular weight is 269 g/mol. The Bertz CT molecular complexity index is 341. The molecule has 2 amide bonds. The fraction of sp³-hybridized carbons (Fsp3) is 0.857. The highest BCUT2D eigenvalue weighted by Crippen LogP contribution is 2.38. The molecule has 0 radical (unpaired) electrons. The standard InChI is InChI=1S/C14H27N3O2/c1-13(2,3)16-11(18)9-17(4)12(19)14(10-15)7-5-6-8-14/h5-10,15H2,1-4H3,(H,16,18). The van der Waals surface area contributed by atoms with Gasteiger partial charge in [0.25, 0.3) is 0 Å². The second-order valence-electron chi connectivity index (χ2n) is 6.65. The first kappa shape index (κ1) is 16.0. The van der Waals surface area contributed by atoms with Crippen molar-refractivity contribution < 1.29 is 9.59 Å². The maximum Gasteiger partial charge on any atom is 0.240 e. The Hall–Kier alpha value is -1.10. The number of hydrogen-bond acceptors (Lipinski definition) is 3. The lowest BCUT2D eigenvalue weighted by Gasteiger charge is -2.31. The normalized spacial score (nSPS) is 18.2. The minimum absolute atomic E-state index is 0.0107. The first-order valence-electron chi connectivity index (χ1n) is 6.97. The van der Waals surface area contributed by atoms with Gasteiger partial charge in [0.05, 0.1) is 12.0 Å². The Kier molecular flexibility index (Phi) is 4.96. The molecule has 0 bridgehead atoms. The van der Waals surface area contributed by atoms with Crippen LogP contribution in [0, 0.1) is 5.41 Å². The van der Waals surface area contributed by atoms with E-state index in [0.29, 0.717) is 6.54 Å². The van der Waals surface area contributed by atoms with E-state index in [1.54, 1.807) is 7.05 Å². The molecule has 0 aromatic heterocycles. The third-order valence-corrected chi connectivity index (χ3v) is 3.65. The summed E-state index contributed by atoms with van der Waals surface area (Å²) in [5.41, 5.74) is 5.08. The third-order valence-electron chi connectivity index (χ3n) is 3.65. The summed E-state index contributed by atoms with van der Waals surface area (Å²) in [6.45, 7) is 6.23. The fourth-order valence-electron chi connectivity index (χ4n) is 2.71. The predicted octanol–water partition coefficient (Wildman–Crippen LogP) is 0.879. The van der Waals surface area contributed by atoms with Crippen LogP contribution in [0.25, 0.3) is 0 Å². The average Bonchev–Trinajstić information content (AvgIpc) is 2.74. The zero-order valence-electron chi connectivity index (χ0n) is 12.6. The lowest BCUT2D eigenvalue weighted by atomic mass is 9.85. The third kappa shape index (κ3) is 4.20. The van der Waals surface area contributed by atoms with Gasteiger partial charge in [-0.25, -0.2) is 0 Å². The Morgan fingerprint density at radius 2 is 1.79 bits per heavy atom. The van der Waals surface area contributed by atoms with Crippen molar-refractivity contribution in [1.29, 1.82) is 0 Å². The summed E-state index contributed by atoms with van der Waals surface area (Å²) in [7, 11) is 1.68. The van der Waals surface area contributed by atoms with Crippen LogP contribution in [0.2, 0.25) is 0 Å². The van der Waals surface area contributed by atoms with Crippen LogP contribution in [0.1, 0.15) is 46.5 Å². The second kappa shape index (κ2) is 5.90. The van der Waals surface area contributed by atoms with Crippen molar-refractivity contribution in [3.63, 3.8) is 0 Å². The highest BCUT2D eigenvalue weighted by molar-refractivity contribution is 5.88. The zero-order valence-corrected chi connectivity index (χ0v) is 12.6. The van der Waals surface area contributed by atoms with E-state index in [1.165, 1.54) is 4.90 Å². The fourth-order valence-corrected chi connectivity index (χ4v) is 2.71. The molecule has 1 saturated carbocycles. The summed E-state index contributed by atoms with van der Waals surface area (Å²) in [6, 6.07) is 0. The number of carbonyl (C=O) groups excluding carboxylic acids is 2. The van der Waals surface area contributed by atoms with Crippen molar-refractivity contribution in [3.05, 3.63) is 0 Å². The predicted molar refractivity (Wildman–Crippen MR) is 75.5 cm³/mol. The van der Waals surface area contributed by atoms with E-state index in [9.17, 15) is 9.59 Å². The monoisotopic (exact) mass is 269 g/mol. The molecule has 110 valence electrons. The number of nitrogens with one attached hydrogen (secondary N) is 1. The summed E-state index contributed by atoms with van der Waals surface area (Å²) in [5, 5.41) is 2.86. The molecule has 5 nitrogen and oxygen atoms in total. The Balaban J connectivity index is 2.60. The van der Waals surface area contributed by atoms with Gasteiger partial charge >= 0.3 is 0 Å². The first-order valence-corrected chi connectivity index (χ1v) is 6.97. The number of carbonyl (C=O) groups is 2. The summed E-state index contributed by atoms with van der Waals surface area (Å²) < 4.78 is 0. The number of amides is 2. The Labute approximate surface area is 115 Å². The van der Waals surface area contributed by atoms with Crippen LogP contribution in [0.4, 0.5) is 0 Å². The topological polar surface area (TPSA) is 75.4 Å². The molecule has 0 aromatic carbocycles. The highest BCUT2D eigenvalue weighted by atomic mass is 16.2. The summed E-state index contributed by atoms with van der Waals surface area (Å²) in [4.78, 5) is 25.8. The van der Waals surface area contributed by atoms with Gasteiger partial charge in [-0.1, -0.05) is 12.8 Å². The van der Waals surface area contributed by atoms with Gasteiger partial charge < -0.3 is 16.0 Å². The molecule has 0 atom stereocenters. The molecule has 1 rings (SSSR count). The van der Waals surface area contributed by atoms with Gasteiger partial charge in [0.2, 0.25) is 11.8 Å². The molecule has 3 N–H and O–H groups in total. The summed E-state index contributed by atoms with van der Waals surface area (Å²) in [6.07, 6.45) is 3.77. The molecule has 1 aliphatic carbocycles. The molecule has 0 heterocycles. The van der Waals surface area contributed by atoms with Crippen LogP contribution in [0.15, 0.2) is 0 Å². The molecule has 5 heteroatoms. The second-order valence-corrected chi connectivity index (χ2v) is 6.65. The minimum Gasteiger partial charge on any atom is -0.350 e. The van der Waals surface area contributed by atoms with Crippen molar-refractivity contribution in [2.24, 2.45) is 11.1 Å². The smallest absolute Gasteiger partial charge is 0.240 e. The van der Waals surface area contributed by atoms with E-state index in [4.69, 9.17) is 5.73 Å². The minimum atomic E-state index is -0.434. The molecule has 1 aliphatic rings. The van der Waals surface area contributed by atoms with Crippen molar-refractivity contribution >= 4 is 11.8 Å². The molecule has 0 aromatic rings. The van der Waals surface area contributed by atoms with E-state index in [-0.39, 0.29) is 23.9 Å². The van der Waals surface area contributed by atoms with Crippen molar-refractivity contribution in [2.45, 2.75) is 52.0 Å². The largest absolute Gasteiger partial charge is 0.350 e. The van der Waals surface area contributed by atoms with E-state index in [0.717, 1.165) is 25.7 Å². The molecule has 0 unspecified atom stereocenters. The van der Waals surface area contributed by atoms with E-state index in [1.807, 2.05) is 20.8 Å². The van der Waals surface area contributed by atoms with Crippen molar-refractivity contribution in [3.8, 4) is 0 Å². The molecule has 0 saturated heterocycles. The van der Waals surface area contributed by atoms with Crippen LogP contribution in [0.3, 0.4) is 0 Å². The van der Waals surface area contributed by atoms with E-state index in [2.05, 4.69) is 5.32 Å². The molecule has 0 spiro atoms. The number of hydrogen-bond donors (Lipinski definition) is 2. The maximum absolute atomic E-state index is 12.5. The highest BCUT2D eigenvalue weighted by Gasteiger charge is 2.41. The number of nitrogens with two attached hydrogens (primary N) is 1. The molecular formula is C14H27N3O2. The van der Waals surface area contributed by atoms with Crippen LogP contribution in [0.5, 0.6) is 0 Å². The quantitative estimate of drug-likeness (QED) is 0.795. The Morgan fingerprint density at radius 1 is 1.26 bits per heavy atom. The van der Waals surface area contributed by atoms with Crippen LogP contribution < -0.4 is 11.1 Å². The molecule has 0 aliphatic heterocycles. The van der Waals surface area contributed by atoms with Crippen LogP contribution in [-0.4, -0.2) is 42.4 Å². The summed E-state index contributed by atoms with van der Waals surface area (Å²) in [5.74, 6) is -0.120. The van der Waals surface area contributed by atoms with Crippen molar-refractivity contribution in [2.75, 3.05) is 20.1 Å². The van der Waals surface area contributed by atoms with E-state index < -0.39 is 5.41 Å². The van der Waals surface area contributed by atoms with Gasteiger partial charge in [-0.15, -0.1) is 0 Å². The number of likely N-dealkylation sites (N-methyl/N-ethyl adjacent to an activating group) is 1. The lowest BCUT2D eigenvalue weighted by Crippen LogP contribution is -2.50. The molecule has 1 fully saturated rings. The van der Waals surface area contributed by atoms with Gasteiger partial charge in [-0.2, -0.15) is 0 Å². The summed E-state index contributed by atoms with van der Waals surface area (Å²) >= 11 is 0. The molecule has 19 heavy (non-hydrogen) atoms. The van der Waals surface area contributed by atoms with Crippen LogP contribution in [-0.2, 0) is 9.59 Å². The number of nitrogens with zero attached hydrogens (tertiary/aromatic N) is 1. The van der Waals surface area contributed by atoms with Gasteiger partial charge in [-0.3, -0.25) is 9.59 Å². The van der Waals surface area contributed by atoms with Crippen LogP contribution >= 0.6 is 0 Å². The lowest BCUT2D eigenvalue weighted by molar-refractivity contribution is -0.143. The first-order chi connectivity index (χ1) is 8.70. The Morgan fingerprint density at radius 3 is 2.21 bits per heavy atom.